The van der Waals surface area contributed by atoms with Crippen molar-refractivity contribution >= 4 is 23.1 Å². The number of imide groups is 1. The first-order valence-corrected chi connectivity index (χ1v) is 9.59. The standard InChI is InChI=1S/C22H21F3N2O4/c1-4-30-16-9-5-14(6-10-16)18-19(21(29)27(13(2)3)20(18)28)26-15-7-11-17(12-8-15)31-22(23,24)25/h5-13,26H,4H2,1-3H3. The molecule has 164 valence electrons. The Morgan fingerprint density at radius 1 is 0.935 bits per heavy atom. The Hall–Kier alpha value is -3.49. The molecule has 0 saturated carbocycles. The van der Waals surface area contributed by atoms with Gasteiger partial charge in [-0.2, -0.15) is 0 Å². The van der Waals surface area contributed by atoms with Gasteiger partial charge in [-0.3, -0.25) is 14.5 Å². The van der Waals surface area contributed by atoms with Crippen molar-refractivity contribution in [2.75, 3.05) is 11.9 Å². The van der Waals surface area contributed by atoms with Crippen molar-refractivity contribution in [1.82, 2.24) is 4.90 Å². The van der Waals surface area contributed by atoms with Crippen LogP contribution in [0.3, 0.4) is 0 Å². The maximum atomic E-state index is 13.0. The lowest BCUT2D eigenvalue weighted by molar-refractivity contribution is -0.274. The highest BCUT2D eigenvalue weighted by Crippen LogP contribution is 2.33. The molecule has 0 aliphatic carbocycles. The second-order valence-corrected chi connectivity index (χ2v) is 6.98. The lowest BCUT2D eigenvalue weighted by Gasteiger charge is -2.19. The van der Waals surface area contributed by atoms with Crippen molar-refractivity contribution in [1.29, 1.82) is 0 Å². The number of anilines is 1. The number of hydrogen-bond acceptors (Lipinski definition) is 5. The summed E-state index contributed by atoms with van der Waals surface area (Å²) in [5.41, 5.74) is 1.08. The van der Waals surface area contributed by atoms with Crippen LogP contribution in [0.2, 0.25) is 0 Å². The van der Waals surface area contributed by atoms with E-state index in [0.717, 1.165) is 17.0 Å². The highest BCUT2D eigenvalue weighted by molar-refractivity contribution is 6.36. The molecular weight excluding hydrogens is 413 g/mol. The molecule has 9 heteroatoms. The van der Waals surface area contributed by atoms with E-state index in [4.69, 9.17) is 4.74 Å². The predicted octanol–water partition coefficient (Wildman–Crippen LogP) is 4.58. The molecule has 0 bridgehead atoms. The number of hydrogen-bond donors (Lipinski definition) is 1. The lowest BCUT2D eigenvalue weighted by Crippen LogP contribution is -2.38. The third-order valence-electron chi connectivity index (χ3n) is 4.44. The Bertz CT molecular complexity index is 997. The number of rotatable bonds is 7. The summed E-state index contributed by atoms with van der Waals surface area (Å²) in [7, 11) is 0. The van der Waals surface area contributed by atoms with Crippen LogP contribution in [-0.2, 0) is 9.59 Å². The topological polar surface area (TPSA) is 67.9 Å². The minimum atomic E-state index is -4.80. The quantitative estimate of drug-likeness (QED) is 0.646. The van der Waals surface area contributed by atoms with Gasteiger partial charge in [0, 0.05) is 11.7 Å². The SMILES string of the molecule is CCOc1ccc(C2=C(Nc3ccc(OC(F)(F)F)cc3)C(=O)N(C(C)C)C2=O)cc1. The zero-order valence-electron chi connectivity index (χ0n) is 17.1. The van der Waals surface area contributed by atoms with Gasteiger partial charge in [0.25, 0.3) is 11.8 Å². The van der Waals surface area contributed by atoms with Crippen LogP contribution in [0.5, 0.6) is 11.5 Å². The first-order chi connectivity index (χ1) is 14.6. The molecule has 0 spiro atoms. The molecule has 0 radical (unpaired) electrons. The molecule has 1 aliphatic rings. The highest BCUT2D eigenvalue weighted by Gasteiger charge is 2.40. The van der Waals surface area contributed by atoms with Crippen LogP contribution in [0.15, 0.2) is 54.2 Å². The summed E-state index contributed by atoms with van der Waals surface area (Å²) in [6.45, 7) is 5.78. The van der Waals surface area contributed by atoms with Crippen LogP contribution >= 0.6 is 0 Å². The molecular formula is C22H21F3N2O4. The van der Waals surface area contributed by atoms with Crippen molar-refractivity contribution in [2.24, 2.45) is 0 Å². The van der Waals surface area contributed by atoms with E-state index in [1.54, 1.807) is 38.1 Å². The number of nitrogens with zero attached hydrogens (tertiary/aromatic N) is 1. The van der Waals surface area contributed by atoms with Gasteiger partial charge in [-0.1, -0.05) is 12.1 Å². The minimum absolute atomic E-state index is 0.0485. The van der Waals surface area contributed by atoms with Gasteiger partial charge in [0.1, 0.15) is 17.2 Å². The first kappa shape index (κ1) is 22.2. The van der Waals surface area contributed by atoms with E-state index >= 15 is 0 Å². The fourth-order valence-corrected chi connectivity index (χ4v) is 3.17. The fraction of sp³-hybridized carbons (Fsp3) is 0.273. The number of halogens is 3. The fourth-order valence-electron chi connectivity index (χ4n) is 3.17. The summed E-state index contributed by atoms with van der Waals surface area (Å²) in [6.07, 6.45) is -4.80. The Morgan fingerprint density at radius 3 is 2.03 bits per heavy atom. The molecule has 2 amide bonds. The summed E-state index contributed by atoms with van der Waals surface area (Å²) < 4.78 is 46.3. The van der Waals surface area contributed by atoms with E-state index < -0.39 is 23.9 Å². The summed E-state index contributed by atoms with van der Waals surface area (Å²) in [5.74, 6) is -0.737. The maximum absolute atomic E-state index is 13.0. The molecule has 0 unspecified atom stereocenters. The number of carbonyl (C=O) groups is 2. The van der Waals surface area contributed by atoms with E-state index in [9.17, 15) is 22.8 Å². The summed E-state index contributed by atoms with van der Waals surface area (Å²) in [4.78, 5) is 27.1. The van der Waals surface area contributed by atoms with E-state index in [-0.39, 0.29) is 17.3 Å². The Balaban J connectivity index is 1.95. The molecule has 31 heavy (non-hydrogen) atoms. The van der Waals surface area contributed by atoms with E-state index in [2.05, 4.69) is 10.1 Å². The van der Waals surface area contributed by atoms with Crippen molar-refractivity contribution in [3.05, 3.63) is 59.8 Å². The highest BCUT2D eigenvalue weighted by atomic mass is 19.4. The Labute approximate surface area is 177 Å². The van der Waals surface area contributed by atoms with Crippen molar-refractivity contribution in [3.63, 3.8) is 0 Å². The second kappa shape index (κ2) is 8.71. The average molecular weight is 434 g/mol. The number of ether oxygens (including phenoxy) is 2. The summed E-state index contributed by atoms with van der Waals surface area (Å²) in [5, 5.41) is 2.88. The van der Waals surface area contributed by atoms with Gasteiger partial charge in [-0.25, -0.2) is 0 Å². The third-order valence-corrected chi connectivity index (χ3v) is 4.44. The van der Waals surface area contributed by atoms with Gasteiger partial charge in [0.2, 0.25) is 0 Å². The molecule has 2 aromatic carbocycles. The van der Waals surface area contributed by atoms with E-state index in [1.807, 2.05) is 6.92 Å². The van der Waals surface area contributed by atoms with Crippen molar-refractivity contribution in [3.8, 4) is 11.5 Å². The van der Waals surface area contributed by atoms with Gasteiger partial charge in [-0.15, -0.1) is 13.2 Å². The zero-order valence-corrected chi connectivity index (χ0v) is 17.1. The maximum Gasteiger partial charge on any atom is 0.573 e. The van der Waals surface area contributed by atoms with Gasteiger partial charge >= 0.3 is 6.36 Å². The van der Waals surface area contributed by atoms with Gasteiger partial charge in [-0.05, 0) is 62.7 Å². The Morgan fingerprint density at radius 2 is 1.52 bits per heavy atom. The van der Waals surface area contributed by atoms with Crippen molar-refractivity contribution < 1.29 is 32.2 Å². The Kier molecular flexibility index (Phi) is 6.24. The van der Waals surface area contributed by atoms with Crippen LogP contribution in [-0.4, -0.2) is 35.7 Å². The summed E-state index contributed by atoms with van der Waals surface area (Å²) in [6, 6.07) is 11.3. The largest absolute Gasteiger partial charge is 0.573 e. The minimum Gasteiger partial charge on any atom is -0.494 e. The molecule has 0 saturated heterocycles. The molecule has 3 rings (SSSR count). The lowest BCUT2D eigenvalue weighted by atomic mass is 10.0. The normalized spacial score (nSPS) is 14.5. The van der Waals surface area contributed by atoms with E-state index in [1.165, 1.54) is 12.1 Å². The molecule has 0 atom stereocenters. The summed E-state index contributed by atoms with van der Waals surface area (Å²) >= 11 is 0. The number of alkyl halides is 3. The third kappa shape index (κ3) is 4.99. The monoisotopic (exact) mass is 434 g/mol. The van der Waals surface area contributed by atoms with Crippen LogP contribution < -0.4 is 14.8 Å². The van der Waals surface area contributed by atoms with Crippen LogP contribution in [0.25, 0.3) is 5.57 Å². The average Bonchev–Trinajstić information content (AvgIpc) is 2.93. The molecule has 1 heterocycles. The van der Waals surface area contributed by atoms with Crippen molar-refractivity contribution in [2.45, 2.75) is 33.2 Å². The zero-order chi connectivity index (χ0) is 22.8. The predicted molar refractivity (Wildman–Crippen MR) is 108 cm³/mol. The smallest absolute Gasteiger partial charge is 0.494 e. The number of carbonyl (C=O) groups excluding carboxylic acids is 2. The van der Waals surface area contributed by atoms with Gasteiger partial charge in [0.15, 0.2) is 0 Å². The van der Waals surface area contributed by atoms with Gasteiger partial charge in [0.05, 0.1) is 12.2 Å². The van der Waals surface area contributed by atoms with Crippen LogP contribution in [0.1, 0.15) is 26.3 Å². The molecule has 0 aromatic heterocycles. The molecule has 6 nitrogen and oxygen atoms in total. The van der Waals surface area contributed by atoms with Crippen LogP contribution in [0.4, 0.5) is 18.9 Å². The van der Waals surface area contributed by atoms with E-state index in [0.29, 0.717) is 23.6 Å². The first-order valence-electron chi connectivity index (χ1n) is 9.59. The van der Waals surface area contributed by atoms with Gasteiger partial charge < -0.3 is 14.8 Å². The number of benzene rings is 2. The number of nitrogens with one attached hydrogen (secondary N) is 1. The second-order valence-electron chi connectivity index (χ2n) is 6.98. The van der Waals surface area contributed by atoms with Crippen LogP contribution in [0, 0.1) is 0 Å². The number of amides is 2. The molecule has 1 N–H and O–H groups in total. The molecule has 0 fully saturated rings. The molecule has 2 aromatic rings. The molecule has 1 aliphatic heterocycles.